The van der Waals surface area contributed by atoms with Crippen molar-refractivity contribution in [3.8, 4) is 0 Å². The van der Waals surface area contributed by atoms with Crippen LogP contribution in [-0.4, -0.2) is 27.1 Å². The molecule has 0 spiro atoms. The zero-order valence-electron chi connectivity index (χ0n) is 11.7. The van der Waals surface area contributed by atoms with E-state index in [2.05, 4.69) is 10.9 Å². The van der Waals surface area contributed by atoms with E-state index < -0.39 is 5.60 Å². The van der Waals surface area contributed by atoms with Crippen LogP contribution >= 0.6 is 0 Å². The highest BCUT2D eigenvalue weighted by atomic mass is 16.3. The molecule has 20 heavy (non-hydrogen) atoms. The lowest BCUT2D eigenvalue weighted by atomic mass is 9.82. The molecule has 6 nitrogen and oxygen atoms in total. The number of hydrogen-bond donors (Lipinski definition) is 3. The summed E-state index contributed by atoms with van der Waals surface area (Å²) in [6, 6.07) is 3.41. The third-order valence-electron chi connectivity index (χ3n) is 3.77. The van der Waals surface area contributed by atoms with Crippen molar-refractivity contribution in [1.29, 1.82) is 0 Å². The molecule has 0 aliphatic heterocycles. The predicted molar refractivity (Wildman–Crippen MR) is 73.7 cm³/mol. The fourth-order valence-corrected chi connectivity index (χ4v) is 2.62. The van der Waals surface area contributed by atoms with Gasteiger partial charge in [-0.2, -0.15) is 0 Å². The Morgan fingerprint density at radius 2 is 2.00 bits per heavy atom. The fraction of sp³-hybridized carbons (Fsp3) is 0.571. The van der Waals surface area contributed by atoms with E-state index in [1.54, 1.807) is 29.9 Å². The summed E-state index contributed by atoms with van der Waals surface area (Å²) in [6.07, 6.45) is 6.06. The van der Waals surface area contributed by atoms with Crippen LogP contribution in [0.15, 0.2) is 18.3 Å². The zero-order chi connectivity index (χ0) is 14.6. The smallest absolute Gasteiger partial charge is 0.286 e. The van der Waals surface area contributed by atoms with Crippen molar-refractivity contribution in [2.24, 2.45) is 7.05 Å². The monoisotopic (exact) mass is 279 g/mol. The van der Waals surface area contributed by atoms with Gasteiger partial charge in [0.05, 0.1) is 12.0 Å². The molecule has 2 amide bonds. The molecule has 1 heterocycles. The van der Waals surface area contributed by atoms with Crippen molar-refractivity contribution >= 4 is 11.8 Å². The third kappa shape index (κ3) is 3.60. The molecule has 1 aliphatic rings. The van der Waals surface area contributed by atoms with E-state index in [0.717, 1.165) is 19.3 Å². The molecule has 1 aliphatic carbocycles. The Hall–Kier alpha value is -1.82. The molecule has 1 saturated carbocycles. The number of amides is 2. The molecule has 110 valence electrons. The van der Waals surface area contributed by atoms with Gasteiger partial charge < -0.3 is 9.67 Å². The summed E-state index contributed by atoms with van der Waals surface area (Å²) in [4.78, 5) is 23.6. The number of nitrogens with zero attached hydrogens (tertiary/aromatic N) is 1. The molecule has 0 bridgehead atoms. The van der Waals surface area contributed by atoms with Gasteiger partial charge in [0.25, 0.3) is 5.91 Å². The van der Waals surface area contributed by atoms with E-state index >= 15 is 0 Å². The number of rotatable bonds is 3. The highest BCUT2D eigenvalue weighted by molar-refractivity contribution is 5.94. The number of aryl methyl sites for hydroxylation is 1. The maximum Gasteiger partial charge on any atom is 0.286 e. The van der Waals surface area contributed by atoms with Gasteiger partial charge in [0.1, 0.15) is 5.69 Å². The molecule has 1 fully saturated rings. The number of hydrazine groups is 1. The van der Waals surface area contributed by atoms with Gasteiger partial charge in [0, 0.05) is 13.2 Å². The fourth-order valence-electron chi connectivity index (χ4n) is 2.62. The van der Waals surface area contributed by atoms with Gasteiger partial charge in [-0.05, 0) is 25.0 Å². The topological polar surface area (TPSA) is 83.4 Å². The molecule has 0 saturated heterocycles. The number of carbonyl (C=O) groups excluding carboxylic acids is 2. The van der Waals surface area contributed by atoms with Crippen molar-refractivity contribution in [3.05, 3.63) is 24.0 Å². The van der Waals surface area contributed by atoms with Crippen LogP contribution in [0.3, 0.4) is 0 Å². The maximum absolute atomic E-state index is 11.8. The van der Waals surface area contributed by atoms with Gasteiger partial charge in [-0.3, -0.25) is 20.4 Å². The van der Waals surface area contributed by atoms with Crippen molar-refractivity contribution in [3.63, 3.8) is 0 Å². The Labute approximate surface area is 118 Å². The second-order valence-corrected chi connectivity index (χ2v) is 5.47. The molecular weight excluding hydrogens is 258 g/mol. The van der Waals surface area contributed by atoms with Crippen molar-refractivity contribution < 1.29 is 14.7 Å². The van der Waals surface area contributed by atoms with E-state index in [-0.39, 0.29) is 18.2 Å². The minimum absolute atomic E-state index is 0.0282. The lowest BCUT2D eigenvalue weighted by Crippen LogP contribution is -2.46. The summed E-state index contributed by atoms with van der Waals surface area (Å²) in [5, 5.41) is 10.3. The zero-order valence-corrected chi connectivity index (χ0v) is 11.7. The minimum Gasteiger partial charge on any atom is -0.389 e. The Bertz CT molecular complexity index is 490. The molecule has 3 N–H and O–H groups in total. The highest BCUT2D eigenvalue weighted by Crippen LogP contribution is 2.30. The Balaban J connectivity index is 1.80. The number of aliphatic hydroxyl groups is 1. The first-order valence-electron chi connectivity index (χ1n) is 6.93. The normalized spacial score (nSPS) is 17.5. The van der Waals surface area contributed by atoms with Gasteiger partial charge in [-0.1, -0.05) is 19.3 Å². The third-order valence-corrected chi connectivity index (χ3v) is 3.77. The largest absolute Gasteiger partial charge is 0.389 e. The van der Waals surface area contributed by atoms with Crippen LogP contribution < -0.4 is 10.9 Å². The molecule has 1 aromatic heterocycles. The Morgan fingerprint density at radius 3 is 2.60 bits per heavy atom. The average molecular weight is 279 g/mol. The molecule has 6 heteroatoms. The summed E-state index contributed by atoms with van der Waals surface area (Å²) < 4.78 is 1.66. The first-order valence-corrected chi connectivity index (χ1v) is 6.93. The van der Waals surface area contributed by atoms with Crippen LogP contribution in [0, 0.1) is 0 Å². The predicted octanol–water partition coefficient (Wildman–Crippen LogP) is 0.871. The van der Waals surface area contributed by atoms with Gasteiger partial charge in [0.2, 0.25) is 5.91 Å². The van der Waals surface area contributed by atoms with Gasteiger partial charge >= 0.3 is 0 Å². The van der Waals surface area contributed by atoms with Crippen LogP contribution in [0.1, 0.15) is 49.0 Å². The number of nitrogens with one attached hydrogen (secondary N) is 2. The standard InChI is InChI=1S/C14H21N3O3/c1-17-9-5-6-11(17)13(19)16-15-12(18)10-14(20)7-3-2-4-8-14/h5-6,9,20H,2-4,7-8,10H2,1H3,(H,15,18)(H,16,19). The van der Waals surface area contributed by atoms with Gasteiger partial charge in [-0.25, -0.2) is 0 Å². The quantitative estimate of drug-likeness (QED) is 0.718. The van der Waals surface area contributed by atoms with E-state index in [4.69, 9.17) is 0 Å². The van der Waals surface area contributed by atoms with Crippen LogP contribution in [0.4, 0.5) is 0 Å². The summed E-state index contributed by atoms with van der Waals surface area (Å²) in [5.41, 5.74) is 4.26. The van der Waals surface area contributed by atoms with Gasteiger partial charge in [0.15, 0.2) is 0 Å². The van der Waals surface area contributed by atoms with Crippen LogP contribution in [0.25, 0.3) is 0 Å². The van der Waals surface area contributed by atoms with E-state index in [0.29, 0.717) is 18.5 Å². The lowest BCUT2D eigenvalue weighted by Gasteiger charge is -2.31. The number of hydrogen-bond acceptors (Lipinski definition) is 3. The summed E-state index contributed by atoms with van der Waals surface area (Å²) >= 11 is 0. The SMILES string of the molecule is Cn1cccc1C(=O)NNC(=O)CC1(O)CCCCC1. The van der Waals surface area contributed by atoms with Crippen LogP contribution in [-0.2, 0) is 11.8 Å². The lowest BCUT2D eigenvalue weighted by molar-refractivity contribution is -0.128. The molecule has 1 aromatic rings. The van der Waals surface area contributed by atoms with Crippen molar-refractivity contribution in [1.82, 2.24) is 15.4 Å². The van der Waals surface area contributed by atoms with Crippen LogP contribution in [0.5, 0.6) is 0 Å². The Morgan fingerprint density at radius 1 is 1.30 bits per heavy atom. The second-order valence-electron chi connectivity index (χ2n) is 5.47. The molecule has 0 atom stereocenters. The molecule has 0 radical (unpaired) electrons. The highest BCUT2D eigenvalue weighted by Gasteiger charge is 2.31. The number of carbonyl (C=O) groups is 2. The van der Waals surface area contributed by atoms with Crippen LogP contribution in [0.2, 0.25) is 0 Å². The summed E-state index contributed by atoms with van der Waals surface area (Å²) in [5.74, 6) is -0.738. The number of aromatic nitrogens is 1. The summed E-state index contributed by atoms with van der Waals surface area (Å²) in [6.45, 7) is 0. The summed E-state index contributed by atoms with van der Waals surface area (Å²) in [7, 11) is 1.75. The maximum atomic E-state index is 11.8. The molecular formula is C14H21N3O3. The molecule has 0 aromatic carbocycles. The molecule has 0 unspecified atom stereocenters. The van der Waals surface area contributed by atoms with E-state index in [1.807, 2.05) is 0 Å². The minimum atomic E-state index is -0.919. The first-order chi connectivity index (χ1) is 9.50. The van der Waals surface area contributed by atoms with E-state index in [9.17, 15) is 14.7 Å². The average Bonchev–Trinajstić information content (AvgIpc) is 2.82. The second kappa shape index (κ2) is 6.09. The van der Waals surface area contributed by atoms with E-state index in [1.165, 1.54) is 0 Å². The Kier molecular flexibility index (Phi) is 4.44. The first kappa shape index (κ1) is 14.6. The van der Waals surface area contributed by atoms with Crippen molar-refractivity contribution in [2.75, 3.05) is 0 Å². The van der Waals surface area contributed by atoms with Gasteiger partial charge in [-0.15, -0.1) is 0 Å². The molecule has 2 rings (SSSR count). The van der Waals surface area contributed by atoms with Crippen molar-refractivity contribution in [2.45, 2.75) is 44.1 Å².